The lowest BCUT2D eigenvalue weighted by Gasteiger charge is -2.32. The van der Waals surface area contributed by atoms with Gasteiger partial charge in [-0.1, -0.05) is 30.3 Å². The third kappa shape index (κ3) is 4.73. The van der Waals surface area contributed by atoms with Crippen molar-refractivity contribution < 1.29 is 17.6 Å². The average molecular weight is 390 g/mol. The van der Waals surface area contributed by atoms with Crippen LogP contribution in [0.3, 0.4) is 0 Å². The molecule has 0 aliphatic carbocycles. The zero-order valence-electron chi connectivity index (χ0n) is 15.2. The predicted octanol–water partition coefficient (Wildman–Crippen LogP) is 3.03. The van der Waals surface area contributed by atoms with Crippen LogP contribution in [0.2, 0.25) is 0 Å². The Kier molecular flexibility index (Phi) is 5.92. The molecule has 2 aromatic carbocycles. The normalized spacial score (nSPS) is 16.2. The number of para-hydroxylation sites is 1. The zero-order valence-corrected chi connectivity index (χ0v) is 16.0. The van der Waals surface area contributed by atoms with Gasteiger partial charge in [0.15, 0.2) is 0 Å². The molecule has 1 aliphatic heterocycles. The first-order valence-electron chi connectivity index (χ1n) is 8.92. The van der Waals surface area contributed by atoms with Crippen molar-refractivity contribution in [1.82, 2.24) is 4.31 Å². The van der Waals surface area contributed by atoms with Crippen molar-refractivity contribution in [2.24, 2.45) is 5.92 Å². The van der Waals surface area contributed by atoms with E-state index in [9.17, 15) is 17.6 Å². The molecule has 1 aliphatic rings. The Hall–Kier alpha value is -2.25. The van der Waals surface area contributed by atoms with Crippen LogP contribution in [0.5, 0.6) is 0 Å². The lowest BCUT2D eigenvalue weighted by molar-refractivity contribution is -0.123. The average Bonchev–Trinajstić information content (AvgIpc) is 2.69. The number of anilines is 1. The molecular formula is C20H23FN2O3S. The van der Waals surface area contributed by atoms with Crippen LogP contribution >= 0.6 is 0 Å². The molecule has 7 heteroatoms. The quantitative estimate of drug-likeness (QED) is 0.789. The van der Waals surface area contributed by atoms with Crippen LogP contribution in [0, 0.1) is 11.7 Å². The number of carbonyl (C=O) groups is 1. The van der Waals surface area contributed by atoms with E-state index in [1.54, 1.807) is 11.9 Å². The van der Waals surface area contributed by atoms with Gasteiger partial charge in [-0.2, -0.15) is 0 Å². The monoisotopic (exact) mass is 390 g/mol. The Morgan fingerprint density at radius 3 is 2.26 bits per heavy atom. The number of benzene rings is 2. The van der Waals surface area contributed by atoms with E-state index >= 15 is 0 Å². The standard InChI is InChI=1S/C20H23FN2O3S/c1-22(19-5-3-2-4-6-19)20(24)17-11-13-23(14-12-17)27(25,26)15-16-7-9-18(21)10-8-16/h2-10,17H,11-15H2,1H3. The van der Waals surface area contributed by atoms with Crippen LogP contribution in [-0.2, 0) is 20.6 Å². The summed E-state index contributed by atoms with van der Waals surface area (Å²) in [5.74, 6) is -0.724. The highest BCUT2D eigenvalue weighted by molar-refractivity contribution is 7.88. The largest absolute Gasteiger partial charge is 0.315 e. The zero-order chi connectivity index (χ0) is 19.4. The van der Waals surface area contributed by atoms with Crippen LogP contribution < -0.4 is 4.90 Å². The number of rotatable bonds is 5. The second-order valence-corrected chi connectivity index (χ2v) is 8.76. The molecule has 5 nitrogen and oxygen atoms in total. The third-order valence-electron chi connectivity index (χ3n) is 4.93. The molecule has 0 atom stereocenters. The first-order valence-corrected chi connectivity index (χ1v) is 10.5. The van der Waals surface area contributed by atoms with E-state index in [1.807, 2.05) is 30.3 Å². The highest BCUT2D eigenvalue weighted by atomic mass is 32.2. The number of hydrogen-bond acceptors (Lipinski definition) is 3. The highest BCUT2D eigenvalue weighted by Gasteiger charge is 2.32. The van der Waals surface area contributed by atoms with Crippen LogP contribution in [0.25, 0.3) is 0 Å². The first kappa shape index (κ1) is 19.5. The van der Waals surface area contributed by atoms with Crippen molar-refractivity contribution in [3.8, 4) is 0 Å². The number of amides is 1. The molecule has 1 saturated heterocycles. The van der Waals surface area contributed by atoms with Gasteiger partial charge in [0, 0.05) is 31.7 Å². The van der Waals surface area contributed by atoms with Gasteiger partial charge >= 0.3 is 0 Å². The first-order chi connectivity index (χ1) is 12.9. The molecule has 144 valence electrons. The summed E-state index contributed by atoms with van der Waals surface area (Å²) in [7, 11) is -1.74. The molecule has 0 unspecified atom stereocenters. The molecule has 0 aromatic heterocycles. The van der Waals surface area contributed by atoms with E-state index in [0.29, 0.717) is 31.5 Å². The summed E-state index contributed by atoms with van der Waals surface area (Å²) in [5, 5.41) is 0. The molecule has 1 heterocycles. The maximum absolute atomic E-state index is 13.0. The van der Waals surface area contributed by atoms with Crippen LogP contribution in [0.4, 0.5) is 10.1 Å². The fraction of sp³-hybridized carbons (Fsp3) is 0.350. The SMILES string of the molecule is CN(C(=O)C1CCN(S(=O)(=O)Cc2ccc(F)cc2)CC1)c1ccccc1. The van der Waals surface area contributed by atoms with Crippen molar-refractivity contribution >= 4 is 21.6 Å². The van der Waals surface area contributed by atoms with Crippen molar-refractivity contribution in [3.63, 3.8) is 0 Å². The summed E-state index contributed by atoms with van der Waals surface area (Å²) in [6, 6.07) is 14.9. The summed E-state index contributed by atoms with van der Waals surface area (Å²) in [6.07, 6.45) is 0.997. The minimum atomic E-state index is -3.48. The van der Waals surface area contributed by atoms with Gasteiger partial charge in [0.05, 0.1) is 5.75 Å². The maximum Gasteiger partial charge on any atom is 0.229 e. The van der Waals surface area contributed by atoms with Gasteiger partial charge in [-0.3, -0.25) is 4.79 Å². The van der Waals surface area contributed by atoms with E-state index in [1.165, 1.54) is 28.6 Å². The fourth-order valence-electron chi connectivity index (χ4n) is 3.32. The van der Waals surface area contributed by atoms with Crippen LogP contribution in [0.1, 0.15) is 18.4 Å². The van der Waals surface area contributed by atoms with Crippen molar-refractivity contribution in [1.29, 1.82) is 0 Å². The molecule has 27 heavy (non-hydrogen) atoms. The molecule has 0 spiro atoms. The minimum Gasteiger partial charge on any atom is -0.315 e. The Bertz CT molecular complexity index is 877. The molecule has 0 N–H and O–H groups in total. The van der Waals surface area contributed by atoms with Gasteiger partial charge in [-0.15, -0.1) is 0 Å². The maximum atomic E-state index is 13.0. The lowest BCUT2D eigenvalue weighted by Crippen LogP contribution is -2.43. The Labute approximate surface area is 159 Å². The van der Waals surface area contributed by atoms with Gasteiger partial charge in [-0.05, 0) is 42.7 Å². The highest BCUT2D eigenvalue weighted by Crippen LogP contribution is 2.25. The lowest BCUT2D eigenvalue weighted by atomic mass is 9.96. The molecule has 0 radical (unpaired) electrons. The molecule has 1 fully saturated rings. The van der Waals surface area contributed by atoms with E-state index in [0.717, 1.165) is 5.69 Å². The van der Waals surface area contributed by atoms with E-state index in [4.69, 9.17) is 0 Å². The summed E-state index contributed by atoms with van der Waals surface area (Å²) >= 11 is 0. The van der Waals surface area contributed by atoms with Gasteiger partial charge in [0.2, 0.25) is 15.9 Å². The Morgan fingerprint density at radius 1 is 1.07 bits per heavy atom. The van der Waals surface area contributed by atoms with E-state index < -0.39 is 15.8 Å². The summed E-state index contributed by atoms with van der Waals surface area (Å²) in [5.41, 5.74) is 1.38. The Morgan fingerprint density at radius 2 is 1.67 bits per heavy atom. The Balaban J connectivity index is 1.59. The van der Waals surface area contributed by atoms with Crippen LogP contribution in [0.15, 0.2) is 54.6 Å². The number of hydrogen-bond donors (Lipinski definition) is 0. The topological polar surface area (TPSA) is 57.7 Å². The summed E-state index contributed by atoms with van der Waals surface area (Å²) in [6.45, 7) is 0.644. The van der Waals surface area contributed by atoms with Crippen molar-refractivity contribution in [2.75, 3.05) is 25.0 Å². The number of nitrogens with zero attached hydrogens (tertiary/aromatic N) is 2. The molecule has 0 saturated carbocycles. The smallest absolute Gasteiger partial charge is 0.229 e. The molecule has 1 amide bonds. The summed E-state index contributed by atoms with van der Waals surface area (Å²) < 4.78 is 39.6. The fourth-order valence-corrected chi connectivity index (χ4v) is 4.88. The predicted molar refractivity (Wildman–Crippen MR) is 103 cm³/mol. The second kappa shape index (κ2) is 8.19. The number of sulfonamides is 1. The molecule has 0 bridgehead atoms. The van der Waals surface area contributed by atoms with Crippen LogP contribution in [-0.4, -0.2) is 38.8 Å². The number of carbonyl (C=O) groups excluding carboxylic acids is 1. The molecule has 2 aromatic rings. The van der Waals surface area contributed by atoms with Crippen molar-refractivity contribution in [2.45, 2.75) is 18.6 Å². The van der Waals surface area contributed by atoms with E-state index in [-0.39, 0.29) is 17.6 Å². The minimum absolute atomic E-state index is 0.0109. The van der Waals surface area contributed by atoms with Gasteiger partial charge < -0.3 is 4.90 Å². The molecular weight excluding hydrogens is 367 g/mol. The number of piperidine rings is 1. The van der Waals surface area contributed by atoms with Crippen molar-refractivity contribution in [3.05, 3.63) is 66.0 Å². The van der Waals surface area contributed by atoms with Gasteiger partial charge in [0.1, 0.15) is 5.82 Å². The van der Waals surface area contributed by atoms with Gasteiger partial charge in [0.25, 0.3) is 0 Å². The van der Waals surface area contributed by atoms with E-state index in [2.05, 4.69) is 0 Å². The molecule has 3 rings (SSSR count). The summed E-state index contributed by atoms with van der Waals surface area (Å²) in [4.78, 5) is 14.3. The van der Waals surface area contributed by atoms with Gasteiger partial charge in [-0.25, -0.2) is 17.1 Å². The third-order valence-corrected chi connectivity index (χ3v) is 6.78. The second-order valence-electron chi connectivity index (χ2n) is 6.79. The number of halogens is 1.